The van der Waals surface area contributed by atoms with E-state index < -0.39 is 0 Å². The van der Waals surface area contributed by atoms with E-state index in [-0.39, 0.29) is 0 Å². The Balaban J connectivity index is 1.77. The minimum absolute atomic E-state index is 0.329. The van der Waals surface area contributed by atoms with Gasteiger partial charge in [0, 0.05) is 12.0 Å². The summed E-state index contributed by atoms with van der Waals surface area (Å²) in [5, 5.41) is 0. The van der Waals surface area contributed by atoms with Crippen molar-refractivity contribution < 1.29 is 4.79 Å². The van der Waals surface area contributed by atoms with Gasteiger partial charge in [0.25, 0.3) is 0 Å². The Morgan fingerprint density at radius 1 is 1.11 bits per heavy atom. The average molecular weight is 254 g/mol. The Labute approximate surface area is 115 Å². The molecule has 3 rings (SSSR count). The highest BCUT2D eigenvalue weighted by molar-refractivity contribution is 5.99. The van der Waals surface area contributed by atoms with Gasteiger partial charge in [-0.05, 0) is 50.0 Å². The van der Waals surface area contributed by atoms with Crippen LogP contribution in [0, 0.1) is 0 Å². The maximum Gasteiger partial charge on any atom is 0.167 e. The molecule has 0 heterocycles. The minimum atomic E-state index is 0.329. The summed E-state index contributed by atoms with van der Waals surface area (Å²) in [4.78, 5) is 12.5. The van der Waals surface area contributed by atoms with Crippen LogP contribution in [0.4, 0.5) is 0 Å². The summed E-state index contributed by atoms with van der Waals surface area (Å²) >= 11 is 0. The first-order valence-electron chi connectivity index (χ1n) is 7.64. The van der Waals surface area contributed by atoms with Crippen LogP contribution in [0.15, 0.2) is 35.9 Å². The van der Waals surface area contributed by atoms with Crippen molar-refractivity contribution in [3.05, 3.63) is 47.0 Å². The second-order valence-electron chi connectivity index (χ2n) is 5.92. The fourth-order valence-corrected chi connectivity index (χ4v) is 3.19. The number of carbonyl (C=O) groups excluding carboxylic acids is 1. The molecule has 1 aromatic rings. The number of carbonyl (C=O) groups is 1. The van der Waals surface area contributed by atoms with Crippen LogP contribution < -0.4 is 0 Å². The van der Waals surface area contributed by atoms with E-state index in [1.54, 1.807) is 0 Å². The lowest BCUT2D eigenvalue weighted by molar-refractivity contribution is 0.0989. The quantitative estimate of drug-likeness (QED) is 0.544. The Kier molecular flexibility index (Phi) is 3.82. The Morgan fingerprint density at radius 2 is 1.95 bits per heavy atom. The molecule has 1 nitrogen and oxygen atoms in total. The summed E-state index contributed by atoms with van der Waals surface area (Å²) < 4.78 is 0. The monoisotopic (exact) mass is 254 g/mol. The molecule has 0 radical (unpaired) electrons. The van der Waals surface area contributed by atoms with Crippen LogP contribution in [-0.4, -0.2) is 5.78 Å². The molecule has 1 saturated carbocycles. The van der Waals surface area contributed by atoms with Gasteiger partial charge in [-0.1, -0.05) is 42.3 Å². The van der Waals surface area contributed by atoms with Crippen LogP contribution in [0.2, 0.25) is 0 Å². The van der Waals surface area contributed by atoms with E-state index in [2.05, 4.69) is 18.2 Å². The standard InChI is InChI=1S/C18H22O/c19-18(13-14-7-2-1-3-8-14)17-12-5-4-11-16(17)15-9-6-10-15/h4-5,7,11-12,15H,1-3,6,8-10,13H2. The fraction of sp³-hybridized carbons (Fsp3) is 0.500. The highest BCUT2D eigenvalue weighted by atomic mass is 16.1. The zero-order valence-corrected chi connectivity index (χ0v) is 11.5. The Bertz CT molecular complexity index is 494. The first-order valence-corrected chi connectivity index (χ1v) is 7.64. The van der Waals surface area contributed by atoms with Crippen molar-refractivity contribution in [2.24, 2.45) is 0 Å². The molecule has 2 aliphatic carbocycles. The zero-order valence-electron chi connectivity index (χ0n) is 11.5. The van der Waals surface area contributed by atoms with Crippen molar-refractivity contribution in [1.82, 2.24) is 0 Å². The molecule has 1 heteroatoms. The van der Waals surface area contributed by atoms with Crippen LogP contribution in [0.25, 0.3) is 0 Å². The fourth-order valence-electron chi connectivity index (χ4n) is 3.19. The van der Waals surface area contributed by atoms with E-state index >= 15 is 0 Å². The van der Waals surface area contributed by atoms with E-state index in [1.807, 2.05) is 12.1 Å². The minimum Gasteiger partial charge on any atom is -0.294 e. The average Bonchev–Trinajstić information content (AvgIpc) is 2.38. The van der Waals surface area contributed by atoms with Gasteiger partial charge < -0.3 is 0 Å². The van der Waals surface area contributed by atoms with Gasteiger partial charge in [0.1, 0.15) is 0 Å². The zero-order chi connectivity index (χ0) is 13.1. The molecule has 0 spiro atoms. The molecule has 1 aromatic carbocycles. The van der Waals surface area contributed by atoms with Crippen LogP contribution in [-0.2, 0) is 0 Å². The molecular formula is C18H22O. The predicted molar refractivity (Wildman–Crippen MR) is 78.5 cm³/mol. The normalized spacial score (nSPS) is 19.7. The maximum atomic E-state index is 12.5. The van der Waals surface area contributed by atoms with E-state index in [1.165, 1.54) is 43.2 Å². The molecule has 0 N–H and O–H groups in total. The van der Waals surface area contributed by atoms with Gasteiger partial charge in [-0.25, -0.2) is 0 Å². The van der Waals surface area contributed by atoms with E-state index in [0.717, 1.165) is 18.4 Å². The van der Waals surface area contributed by atoms with Gasteiger partial charge in [0.05, 0.1) is 0 Å². The third kappa shape index (κ3) is 2.80. The van der Waals surface area contributed by atoms with Crippen molar-refractivity contribution >= 4 is 5.78 Å². The van der Waals surface area contributed by atoms with Gasteiger partial charge in [0.2, 0.25) is 0 Å². The summed E-state index contributed by atoms with van der Waals surface area (Å²) in [6.07, 6.45) is 11.6. The lowest BCUT2D eigenvalue weighted by Crippen LogP contribution is -2.14. The predicted octanol–water partition coefficient (Wildman–Crippen LogP) is 5.03. The third-order valence-electron chi connectivity index (χ3n) is 4.58. The number of benzene rings is 1. The lowest BCUT2D eigenvalue weighted by Gasteiger charge is -2.27. The largest absolute Gasteiger partial charge is 0.294 e. The first kappa shape index (κ1) is 12.7. The van der Waals surface area contributed by atoms with Gasteiger partial charge in [-0.2, -0.15) is 0 Å². The summed E-state index contributed by atoms with van der Waals surface area (Å²) in [6.45, 7) is 0. The molecule has 0 saturated heterocycles. The molecule has 0 unspecified atom stereocenters. The molecule has 0 aliphatic heterocycles. The molecule has 1 fully saturated rings. The molecule has 0 amide bonds. The number of hydrogen-bond donors (Lipinski definition) is 0. The van der Waals surface area contributed by atoms with Gasteiger partial charge in [0.15, 0.2) is 5.78 Å². The highest BCUT2D eigenvalue weighted by Crippen LogP contribution is 2.38. The van der Waals surface area contributed by atoms with Crippen molar-refractivity contribution in [1.29, 1.82) is 0 Å². The smallest absolute Gasteiger partial charge is 0.167 e. The molecule has 100 valence electrons. The number of ketones is 1. The van der Waals surface area contributed by atoms with Gasteiger partial charge >= 0.3 is 0 Å². The van der Waals surface area contributed by atoms with Crippen molar-refractivity contribution in [2.45, 2.75) is 57.3 Å². The maximum absolute atomic E-state index is 12.5. The molecule has 0 atom stereocenters. The topological polar surface area (TPSA) is 17.1 Å². The van der Waals surface area contributed by atoms with Gasteiger partial charge in [-0.3, -0.25) is 4.79 Å². The number of hydrogen-bond acceptors (Lipinski definition) is 1. The molecule has 0 bridgehead atoms. The Hall–Kier alpha value is -1.37. The van der Waals surface area contributed by atoms with Crippen LogP contribution in [0.5, 0.6) is 0 Å². The van der Waals surface area contributed by atoms with E-state index in [4.69, 9.17) is 0 Å². The summed E-state index contributed by atoms with van der Waals surface area (Å²) in [6, 6.07) is 8.26. The van der Waals surface area contributed by atoms with Gasteiger partial charge in [-0.15, -0.1) is 0 Å². The van der Waals surface area contributed by atoms with Crippen LogP contribution in [0.1, 0.15) is 73.2 Å². The SMILES string of the molecule is O=C(CC1=CCCCC1)c1ccccc1C1CCC1. The first-order chi connectivity index (χ1) is 9.34. The summed E-state index contributed by atoms with van der Waals surface area (Å²) in [5.74, 6) is 0.969. The van der Waals surface area contributed by atoms with Crippen molar-refractivity contribution in [2.75, 3.05) is 0 Å². The second kappa shape index (κ2) is 5.73. The molecule has 0 aromatic heterocycles. The van der Waals surface area contributed by atoms with E-state index in [0.29, 0.717) is 18.1 Å². The van der Waals surface area contributed by atoms with Crippen LogP contribution in [0.3, 0.4) is 0 Å². The number of allylic oxidation sites excluding steroid dienone is 2. The number of Topliss-reactive ketones (excluding diaryl/α,β-unsaturated/α-hetero) is 1. The molecule has 19 heavy (non-hydrogen) atoms. The molecule has 2 aliphatic rings. The van der Waals surface area contributed by atoms with Crippen LogP contribution >= 0.6 is 0 Å². The second-order valence-corrected chi connectivity index (χ2v) is 5.92. The summed E-state index contributed by atoms with van der Waals surface area (Å²) in [7, 11) is 0. The Morgan fingerprint density at radius 3 is 2.63 bits per heavy atom. The van der Waals surface area contributed by atoms with E-state index in [9.17, 15) is 4.79 Å². The number of rotatable bonds is 4. The summed E-state index contributed by atoms with van der Waals surface area (Å²) in [5.41, 5.74) is 3.65. The van der Waals surface area contributed by atoms with Crippen molar-refractivity contribution in [3.63, 3.8) is 0 Å². The molecular weight excluding hydrogens is 232 g/mol. The third-order valence-corrected chi connectivity index (χ3v) is 4.58. The highest BCUT2D eigenvalue weighted by Gasteiger charge is 2.24. The lowest BCUT2D eigenvalue weighted by atomic mass is 9.77. The van der Waals surface area contributed by atoms with Crippen molar-refractivity contribution in [3.8, 4) is 0 Å².